The minimum Gasteiger partial charge on any atom is -0.338 e. The number of hydrogen-bond donors (Lipinski definition) is 1. The van der Waals surface area contributed by atoms with E-state index in [1.807, 2.05) is 47.1 Å². The van der Waals surface area contributed by atoms with Crippen molar-refractivity contribution in [1.29, 1.82) is 0 Å². The Balaban J connectivity index is 1.40. The van der Waals surface area contributed by atoms with Crippen LogP contribution in [0.15, 0.2) is 42.7 Å². The van der Waals surface area contributed by atoms with Gasteiger partial charge in [0, 0.05) is 39.1 Å². The van der Waals surface area contributed by atoms with E-state index in [1.54, 1.807) is 6.20 Å². The molecule has 1 saturated heterocycles. The SMILES string of the molecule is Cn1c([C@H]2CCCN2C(=O)NCCCn2cccn2)nc2ccccc21. The highest BCUT2D eigenvalue weighted by Crippen LogP contribution is 2.32. The Labute approximate surface area is 152 Å². The number of likely N-dealkylation sites (tertiary alicyclic amines) is 1. The number of imidazole rings is 1. The van der Waals surface area contributed by atoms with E-state index in [4.69, 9.17) is 4.98 Å². The van der Waals surface area contributed by atoms with Crippen LogP contribution in [0.25, 0.3) is 11.0 Å². The molecular formula is C19H24N6O. The smallest absolute Gasteiger partial charge is 0.318 e. The van der Waals surface area contributed by atoms with Gasteiger partial charge in [0.05, 0.1) is 17.1 Å². The Morgan fingerprint density at radius 3 is 3.00 bits per heavy atom. The summed E-state index contributed by atoms with van der Waals surface area (Å²) in [7, 11) is 2.03. The van der Waals surface area contributed by atoms with Gasteiger partial charge < -0.3 is 14.8 Å². The number of nitrogens with zero attached hydrogens (tertiary/aromatic N) is 5. The molecule has 7 heteroatoms. The Kier molecular flexibility index (Phi) is 4.60. The molecule has 3 heterocycles. The van der Waals surface area contributed by atoms with Crippen molar-refractivity contribution in [2.75, 3.05) is 13.1 Å². The number of aryl methyl sites for hydroxylation is 2. The van der Waals surface area contributed by atoms with Gasteiger partial charge in [-0.1, -0.05) is 12.1 Å². The van der Waals surface area contributed by atoms with Gasteiger partial charge in [-0.25, -0.2) is 9.78 Å². The third-order valence-corrected chi connectivity index (χ3v) is 5.03. The summed E-state index contributed by atoms with van der Waals surface area (Å²) in [5.74, 6) is 0.968. The molecule has 26 heavy (non-hydrogen) atoms. The van der Waals surface area contributed by atoms with E-state index in [1.165, 1.54) is 0 Å². The monoisotopic (exact) mass is 352 g/mol. The first kappa shape index (κ1) is 16.6. The van der Waals surface area contributed by atoms with Gasteiger partial charge in [0.15, 0.2) is 0 Å². The van der Waals surface area contributed by atoms with E-state index >= 15 is 0 Å². The molecule has 4 rings (SSSR count). The van der Waals surface area contributed by atoms with Crippen molar-refractivity contribution >= 4 is 17.1 Å². The Bertz CT molecular complexity index is 885. The van der Waals surface area contributed by atoms with Crippen LogP contribution in [0.3, 0.4) is 0 Å². The van der Waals surface area contributed by atoms with Crippen molar-refractivity contribution in [2.24, 2.45) is 7.05 Å². The van der Waals surface area contributed by atoms with Crippen LogP contribution in [0.5, 0.6) is 0 Å². The van der Waals surface area contributed by atoms with Gasteiger partial charge in [-0.15, -0.1) is 0 Å². The molecule has 0 unspecified atom stereocenters. The number of fused-ring (bicyclic) bond motifs is 1. The molecular weight excluding hydrogens is 328 g/mol. The standard InChI is InChI=1S/C19H24N6O/c1-23-16-8-3-2-7-15(16)22-18(23)17-9-4-14-25(17)19(26)20-10-5-12-24-13-6-11-21-24/h2-3,6-8,11,13,17H,4-5,9-10,12,14H2,1H3,(H,20,26)/t17-/m1/s1. The molecule has 2 amide bonds. The fraction of sp³-hybridized carbons (Fsp3) is 0.421. The highest BCUT2D eigenvalue weighted by Gasteiger charge is 2.33. The topological polar surface area (TPSA) is 68.0 Å². The second-order valence-corrected chi connectivity index (χ2v) is 6.72. The predicted octanol–water partition coefficient (Wildman–Crippen LogP) is 2.71. The van der Waals surface area contributed by atoms with Crippen LogP contribution in [0.4, 0.5) is 4.79 Å². The maximum Gasteiger partial charge on any atom is 0.318 e. The molecule has 136 valence electrons. The third-order valence-electron chi connectivity index (χ3n) is 5.03. The van der Waals surface area contributed by atoms with Crippen molar-refractivity contribution in [3.05, 3.63) is 48.5 Å². The first-order valence-electron chi connectivity index (χ1n) is 9.17. The van der Waals surface area contributed by atoms with Gasteiger partial charge in [-0.2, -0.15) is 5.10 Å². The zero-order valence-corrected chi connectivity index (χ0v) is 15.0. The van der Waals surface area contributed by atoms with Crippen LogP contribution in [0.2, 0.25) is 0 Å². The average molecular weight is 352 g/mol. The van der Waals surface area contributed by atoms with Gasteiger partial charge in [0.25, 0.3) is 0 Å². The normalized spacial score (nSPS) is 17.1. The van der Waals surface area contributed by atoms with Crippen LogP contribution in [-0.2, 0) is 13.6 Å². The van der Waals surface area contributed by atoms with Crippen molar-refractivity contribution in [3.8, 4) is 0 Å². The summed E-state index contributed by atoms with van der Waals surface area (Å²) in [4.78, 5) is 19.4. The van der Waals surface area contributed by atoms with Crippen LogP contribution >= 0.6 is 0 Å². The highest BCUT2D eigenvalue weighted by atomic mass is 16.2. The molecule has 1 aliphatic heterocycles. The number of carbonyl (C=O) groups is 1. The fourth-order valence-electron chi connectivity index (χ4n) is 3.71. The second-order valence-electron chi connectivity index (χ2n) is 6.72. The van der Waals surface area contributed by atoms with E-state index in [9.17, 15) is 4.79 Å². The second kappa shape index (κ2) is 7.19. The number of nitrogens with one attached hydrogen (secondary N) is 1. The van der Waals surface area contributed by atoms with Crippen molar-refractivity contribution < 1.29 is 4.79 Å². The van der Waals surface area contributed by atoms with Gasteiger partial charge in [-0.05, 0) is 37.5 Å². The number of carbonyl (C=O) groups excluding carboxylic acids is 1. The zero-order chi connectivity index (χ0) is 17.9. The van der Waals surface area contributed by atoms with E-state index in [-0.39, 0.29) is 12.1 Å². The molecule has 1 aliphatic rings. The minimum absolute atomic E-state index is 0.0000198. The molecule has 1 fully saturated rings. The van der Waals surface area contributed by atoms with Crippen molar-refractivity contribution in [3.63, 3.8) is 0 Å². The van der Waals surface area contributed by atoms with Gasteiger partial charge in [0.1, 0.15) is 5.82 Å². The molecule has 0 radical (unpaired) electrons. The first-order valence-corrected chi connectivity index (χ1v) is 9.17. The fourth-order valence-corrected chi connectivity index (χ4v) is 3.71. The van der Waals surface area contributed by atoms with E-state index < -0.39 is 0 Å². The average Bonchev–Trinajstić information content (AvgIpc) is 3.39. The van der Waals surface area contributed by atoms with E-state index in [0.717, 1.165) is 49.2 Å². The number of hydrogen-bond acceptors (Lipinski definition) is 3. The molecule has 0 spiro atoms. The van der Waals surface area contributed by atoms with Crippen molar-refractivity contribution in [2.45, 2.75) is 31.8 Å². The summed E-state index contributed by atoms with van der Waals surface area (Å²) in [6.07, 6.45) is 6.53. The maximum absolute atomic E-state index is 12.7. The van der Waals surface area contributed by atoms with Gasteiger partial charge in [0.2, 0.25) is 0 Å². The molecule has 7 nitrogen and oxygen atoms in total. The Hall–Kier alpha value is -2.83. The van der Waals surface area contributed by atoms with Gasteiger partial charge in [-0.3, -0.25) is 4.68 Å². The molecule has 0 aliphatic carbocycles. The number of amides is 2. The lowest BCUT2D eigenvalue weighted by atomic mass is 10.2. The number of rotatable bonds is 5. The van der Waals surface area contributed by atoms with Gasteiger partial charge >= 0.3 is 6.03 Å². The Morgan fingerprint density at radius 1 is 1.31 bits per heavy atom. The number of para-hydroxylation sites is 2. The summed E-state index contributed by atoms with van der Waals surface area (Å²) in [6.45, 7) is 2.23. The Morgan fingerprint density at radius 2 is 2.19 bits per heavy atom. The first-order chi connectivity index (χ1) is 12.7. The number of aromatic nitrogens is 4. The molecule has 0 saturated carbocycles. The molecule has 1 N–H and O–H groups in total. The number of benzene rings is 1. The maximum atomic E-state index is 12.7. The van der Waals surface area contributed by atoms with E-state index in [0.29, 0.717) is 6.54 Å². The molecule has 1 aromatic carbocycles. The minimum atomic E-state index is 0.0000198. The van der Waals surface area contributed by atoms with Crippen LogP contribution in [0.1, 0.15) is 31.1 Å². The summed E-state index contributed by atoms with van der Waals surface area (Å²) in [6, 6.07) is 10.1. The quantitative estimate of drug-likeness (QED) is 0.718. The van der Waals surface area contributed by atoms with Crippen molar-refractivity contribution in [1.82, 2.24) is 29.5 Å². The molecule has 1 atom stereocenters. The zero-order valence-electron chi connectivity index (χ0n) is 15.0. The summed E-state index contributed by atoms with van der Waals surface area (Å²) < 4.78 is 3.99. The summed E-state index contributed by atoms with van der Waals surface area (Å²) >= 11 is 0. The third kappa shape index (κ3) is 3.16. The lowest BCUT2D eigenvalue weighted by Gasteiger charge is -2.24. The van der Waals surface area contributed by atoms with Crippen LogP contribution in [-0.4, -0.2) is 43.4 Å². The largest absolute Gasteiger partial charge is 0.338 e. The van der Waals surface area contributed by atoms with E-state index in [2.05, 4.69) is 21.0 Å². The predicted molar refractivity (Wildman–Crippen MR) is 99.6 cm³/mol. The molecule has 0 bridgehead atoms. The lowest BCUT2D eigenvalue weighted by molar-refractivity contribution is 0.190. The summed E-state index contributed by atoms with van der Waals surface area (Å²) in [5.41, 5.74) is 2.09. The molecule has 3 aromatic rings. The number of urea groups is 1. The van der Waals surface area contributed by atoms with Crippen LogP contribution in [0, 0.1) is 0 Å². The summed E-state index contributed by atoms with van der Waals surface area (Å²) in [5, 5.41) is 7.22. The molecule has 2 aromatic heterocycles. The lowest BCUT2D eigenvalue weighted by Crippen LogP contribution is -2.40. The highest BCUT2D eigenvalue weighted by molar-refractivity contribution is 5.77. The van der Waals surface area contributed by atoms with Crippen LogP contribution < -0.4 is 5.32 Å².